The maximum atomic E-state index is 11.4. The average molecular weight is 270 g/mol. The Morgan fingerprint density at radius 1 is 1.35 bits per heavy atom. The predicted octanol–water partition coefficient (Wildman–Crippen LogP) is 1.52. The van der Waals surface area contributed by atoms with E-state index in [2.05, 4.69) is 9.88 Å². The van der Waals surface area contributed by atoms with E-state index in [1.807, 2.05) is 24.3 Å². The number of hydrogen-bond donors (Lipinski definition) is 2. The van der Waals surface area contributed by atoms with Gasteiger partial charge in [-0.15, -0.1) is 0 Å². The van der Waals surface area contributed by atoms with E-state index >= 15 is 0 Å². The number of primary amides is 1. The van der Waals surface area contributed by atoms with Gasteiger partial charge in [0, 0.05) is 30.4 Å². The van der Waals surface area contributed by atoms with Crippen molar-refractivity contribution < 1.29 is 4.79 Å². The maximum absolute atomic E-state index is 11.4. The minimum absolute atomic E-state index is 0.0759. The van der Waals surface area contributed by atoms with E-state index in [-0.39, 0.29) is 11.8 Å². The zero-order valence-corrected chi connectivity index (χ0v) is 11.2. The van der Waals surface area contributed by atoms with Crippen LogP contribution in [0.3, 0.4) is 0 Å². The SMILES string of the molecule is NC(=O)C1CCCN(c2ccc(N)c3ncccc23)C1. The normalized spacial score (nSPS) is 19.2. The van der Waals surface area contributed by atoms with Gasteiger partial charge >= 0.3 is 0 Å². The Morgan fingerprint density at radius 2 is 2.20 bits per heavy atom. The Labute approximate surface area is 117 Å². The van der Waals surface area contributed by atoms with E-state index in [0.717, 1.165) is 36.0 Å². The number of pyridine rings is 1. The highest BCUT2D eigenvalue weighted by Crippen LogP contribution is 2.32. The molecule has 0 aliphatic carbocycles. The highest BCUT2D eigenvalue weighted by molar-refractivity contribution is 5.98. The number of hydrogen-bond acceptors (Lipinski definition) is 4. The molecule has 1 aliphatic heterocycles. The number of aromatic nitrogens is 1. The number of anilines is 2. The monoisotopic (exact) mass is 270 g/mol. The molecule has 1 atom stereocenters. The summed E-state index contributed by atoms with van der Waals surface area (Å²) in [7, 11) is 0. The summed E-state index contributed by atoms with van der Waals surface area (Å²) in [5, 5.41) is 1.03. The van der Waals surface area contributed by atoms with Gasteiger partial charge in [-0.25, -0.2) is 0 Å². The van der Waals surface area contributed by atoms with Gasteiger partial charge in [0.05, 0.1) is 17.1 Å². The number of rotatable bonds is 2. The second kappa shape index (κ2) is 5.00. The molecule has 0 radical (unpaired) electrons. The van der Waals surface area contributed by atoms with Crippen LogP contribution in [0.25, 0.3) is 10.9 Å². The second-order valence-corrected chi connectivity index (χ2v) is 5.26. The first-order chi connectivity index (χ1) is 9.66. The van der Waals surface area contributed by atoms with Crippen molar-refractivity contribution in [3.8, 4) is 0 Å². The molecule has 104 valence electrons. The van der Waals surface area contributed by atoms with Crippen molar-refractivity contribution in [1.82, 2.24) is 4.98 Å². The van der Waals surface area contributed by atoms with Crippen LogP contribution in [0.4, 0.5) is 11.4 Å². The summed E-state index contributed by atoms with van der Waals surface area (Å²) in [5.41, 5.74) is 14.0. The van der Waals surface area contributed by atoms with Crippen molar-refractivity contribution >= 4 is 28.2 Å². The summed E-state index contributed by atoms with van der Waals surface area (Å²) in [5.74, 6) is -0.291. The van der Waals surface area contributed by atoms with Crippen molar-refractivity contribution in [1.29, 1.82) is 0 Å². The van der Waals surface area contributed by atoms with Crippen LogP contribution in [-0.4, -0.2) is 24.0 Å². The van der Waals surface area contributed by atoms with Crippen LogP contribution in [0, 0.1) is 5.92 Å². The van der Waals surface area contributed by atoms with Crippen molar-refractivity contribution in [3.63, 3.8) is 0 Å². The fraction of sp³-hybridized carbons (Fsp3) is 0.333. The van der Waals surface area contributed by atoms with E-state index in [1.165, 1.54) is 0 Å². The second-order valence-electron chi connectivity index (χ2n) is 5.26. The van der Waals surface area contributed by atoms with Gasteiger partial charge in [-0.05, 0) is 37.1 Å². The summed E-state index contributed by atoms with van der Waals surface area (Å²) in [6, 6.07) is 7.80. The lowest BCUT2D eigenvalue weighted by atomic mass is 9.96. The molecule has 0 saturated carbocycles. The quantitative estimate of drug-likeness (QED) is 0.810. The molecule has 5 heteroatoms. The number of benzene rings is 1. The Balaban J connectivity index is 2.02. The Kier molecular flexibility index (Phi) is 3.18. The van der Waals surface area contributed by atoms with Crippen molar-refractivity contribution in [2.24, 2.45) is 11.7 Å². The topological polar surface area (TPSA) is 85.2 Å². The molecule has 1 fully saturated rings. The molecule has 0 bridgehead atoms. The number of amides is 1. The number of piperidine rings is 1. The first-order valence-electron chi connectivity index (χ1n) is 6.84. The van der Waals surface area contributed by atoms with E-state index < -0.39 is 0 Å². The molecule has 2 aromatic rings. The fourth-order valence-electron chi connectivity index (χ4n) is 2.88. The van der Waals surface area contributed by atoms with Gasteiger partial charge < -0.3 is 16.4 Å². The number of nitrogen functional groups attached to an aromatic ring is 1. The molecule has 3 rings (SSSR count). The molecule has 4 N–H and O–H groups in total. The van der Waals surface area contributed by atoms with Gasteiger partial charge in [0.2, 0.25) is 5.91 Å². The Morgan fingerprint density at radius 3 is 3.00 bits per heavy atom. The van der Waals surface area contributed by atoms with Crippen molar-refractivity contribution in [2.75, 3.05) is 23.7 Å². The zero-order chi connectivity index (χ0) is 14.1. The van der Waals surface area contributed by atoms with E-state index in [1.54, 1.807) is 6.20 Å². The van der Waals surface area contributed by atoms with Crippen molar-refractivity contribution in [2.45, 2.75) is 12.8 Å². The number of fused-ring (bicyclic) bond motifs is 1. The summed E-state index contributed by atoms with van der Waals surface area (Å²) >= 11 is 0. The molecule has 1 unspecified atom stereocenters. The molecule has 20 heavy (non-hydrogen) atoms. The summed E-state index contributed by atoms with van der Waals surface area (Å²) in [6.07, 6.45) is 3.58. The lowest BCUT2D eigenvalue weighted by Gasteiger charge is -2.33. The smallest absolute Gasteiger partial charge is 0.222 e. The van der Waals surface area contributed by atoms with Crippen LogP contribution in [0.2, 0.25) is 0 Å². The zero-order valence-electron chi connectivity index (χ0n) is 11.2. The summed E-state index contributed by atoms with van der Waals surface area (Å²) < 4.78 is 0. The highest BCUT2D eigenvalue weighted by Gasteiger charge is 2.25. The summed E-state index contributed by atoms with van der Waals surface area (Å²) in [6.45, 7) is 1.60. The summed E-state index contributed by atoms with van der Waals surface area (Å²) in [4.78, 5) is 18.0. The molecular formula is C15H18N4O. The van der Waals surface area contributed by atoms with E-state index in [4.69, 9.17) is 11.5 Å². The van der Waals surface area contributed by atoms with E-state index in [0.29, 0.717) is 12.2 Å². The molecule has 1 aromatic heterocycles. The molecule has 1 aliphatic rings. The molecule has 5 nitrogen and oxygen atoms in total. The number of nitrogens with two attached hydrogens (primary N) is 2. The fourth-order valence-corrected chi connectivity index (χ4v) is 2.88. The van der Waals surface area contributed by atoms with Crippen LogP contribution in [0.15, 0.2) is 30.5 Å². The van der Waals surface area contributed by atoms with Gasteiger partial charge in [0.25, 0.3) is 0 Å². The molecule has 2 heterocycles. The maximum Gasteiger partial charge on any atom is 0.222 e. The van der Waals surface area contributed by atoms with Gasteiger partial charge in [-0.2, -0.15) is 0 Å². The van der Waals surface area contributed by atoms with Crippen LogP contribution < -0.4 is 16.4 Å². The minimum atomic E-state index is -0.215. The van der Waals surface area contributed by atoms with Crippen molar-refractivity contribution in [3.05, 3.63) is 30.5 Å². The van der Waals surface area contributed by atoms with Crippen LogP contribution in [0.1, 0.15) is 12.8 Å². The third kappa shape index (κ3) is 2.15. The third-order valence-corrected chi connectivity index (χ3v) is 3.94. The Bertz CT molecular complexity index is 655. The van der Waals surface area contributed by atoms with Gasteiger partial charge in [-0.3, -0.25) is 9.78 Å². The first-order valence-corrected chi connectivity index (χ1v) is 6.84. The van der Waals surface area contributed by atoms with Gasteiger partial charge in [-0.1, -0.05) is 0 Å². The van der Waals surface area contributed by atoms with Crippen LogP contribution in [0.5, 0.6) is 0 Å². The molecular weight excluding hydrogens is 252 g/mol. The molecule has 1 saturated heterocycles. The average Bonchev–Trinajstić information content (AvgIpc) is 2.48. The van der Waals surface area contributed by atoms with E-state index in [9.17, 15) is 4.79 Å². The predicted molar refractivity (Wildman–Crippen MR) is 80.3 cm³/mol. The van der Waals surface area contributed by atoms with Crippen LogP contribution in [-0.2, 0) is 4.79 Å². The lowest BCUT2D eigenvalue weighted by Crippen LogP contribution is -2.41. The molecule has 1 amide bonds. The van der Waals surface area contributed by atoms with Gasteiger partial charge in [0.15, 0.2) is 0 Å². The lowest BCUT2D eigenvalue weighted by molar-refractivity contribution is -0.122. The van der Waals surface area contributed by atoms with Gasteiger partial charge in [0.1, 0.15) is 0 Å². The number of nitrogens with zero attached hydrogens (tertiary/aromatic N) is 2. The first kappa shape index (κ1) is 12.7. The standard InChI is InChI=1S/C15H18N4O/c16-12-5-6-13(11-4-1-7-18-14(11)12)19-8-2-3-10(9-19)15(17)20/h1,4-7,10H,2-3,8-9,16H2,(H2,17,20). The number of carbonyl (C=O) groups is 1. The Hall–Kier alpha value is -2.30. The number of carbonyl (C=O) groups excluding carboxylic acids is 1. The molecule has 1 aromatic carbocycles. The minimum Gasteiger partial charge on any atom is -0.397 e. The third-order valence-electron chi connectivity index (χ3n) is 3.94. The molecule has 0 spiro atoms. The largest absolute Gasteiger partial charge is 0.397 e. The highest BCUT2D eigenvalue weighted by atomic mass is 16.1. The van der Waals surface area contributed by atoms with Crippen LogP contribution >= 0.6 is 0 Å².